The van der Waals surface area contributed by atoms with Gasteiger partial charge in [-0.1, -0.05) is 54.6 Å². The second-order valence-corrected chi connectivity index (χ2v) is 7.11. The van der Waals surface area contributed by atoms with Crippen molar-refractivity contribution in [3.8, 4) is 22.5 Å². The van der Waals surface area contributed by atoms with Crippen molar-refractivity contribution < 1.29 is 28.3 Å². The lowest BCUT2D eigenvalue weighted by molar-refractivity contribution is -0.136. The van der Waals surface area contributed by atoms with Gasteiger partial charge in [0.05, 0.1) is 12.3 Å². The summed E-state index contributed by atoms with van der Waals surface area (Å²) in [4.78, 5) is 23.0. The third-order valence-electron chi connectivity index (χ3n) is 4.83. The predicted molar refractivity (Wildman–Crippen MR) is 118 cm³/mol. The largest absolute Gasteiger partial charge is 0.481 e. The monoisotopic (exact) mass is 431 g/mol. The zero-order valence-corrected chi connectivity index (χ0v) is 17.1. The van der Waals surface area contributed by atoms with E-state index >= 15 is 0 Å². The fraction of sp³-hybridized carbons (Fsp3) is 0.120. The Bertz CT molecular complexity index is 1190. The molecule has 4 rings (SSSR count). The van der Waals surface area contributed by atoms with Gasteiger partial charge in [-0.2, -0.15) is 0 Å². The van der Waals surface area contributed by atoms with Crippen molar-refractivity contribution in [3.05, 3.63) is 90.6 Å². The molecule has 0 bridgehead atoms. The van der Waals surface area contributed by atoms with Gasteiger partial charge < -0.3 is 18.7 Å². The van der Waals surface area contributed by atoms with Gasteiger partial charge in [-0.15, -0.1) is 0 Å². The Kier molecular flexibility index (Phi) is 6.36. The summed E-state index contributed by atoms with van der Waals surface area (Å²) in [7, 11) is 0. The second kappa shape index (κ2) is 9.70. The number of furan rings is 2. The van der Waals surface area contributed by atoms with E-state index in [1.807, 2.05) is 54.6 Å². The molecule has 32 heavy (non-hydrogen) atoms. The second-order valence-electron chi connectivity index (χ2n) is 7.11. The van der Waals surface area contributed by atoms with E-state index in [4.69, 9.17) is 18.7 Å². The van der Waals surface area contributed by atoms with E-state index in [0.29, 0.717) is 29.2 Å². The maximum atomic E-state index is 12.2. The zero-order valence-electron chi connectivity index (χ0n) is 17.1. The highest BCUT2D eigenvalue weighted by molar-refractivity contribution is 5.91. The van der Waals surface area contributed by atoms with E-state index in [2.05, 4.69) is 5.32 Å². The smallest absolute Gasteiger partial charge is 0.411 e. The number of carbonyl (C=O) groups is 2. The van der Waals surface area contributed by atoms with Crippen molar-refractivity contribution in [3.63, 3.8) is 0 Å². The van der Waals surface area contributed by atoms with Crippen molar-refractivity contribution in [2.45, 2.75) is 12.8 Å². The minimum absolute atomic E-state index is 0.163. The highest BCUT2D eigenvalue weighted by atomic mass is 16.5. The van der Waals surface area contributed by atoms with Gasteiger partial charge >= 0.3 is 12.1 Å². The quantitative estimate of drug-likeness (QED) is 0.375. The van der Waals surface area contributed by atoms with Crippen molar-refractivity contribution in [1.29, 1.82) is 0 Å². The topological polar surface area (TPSA) is 102 Å². The molecule has 2 heterocycles. The summed E-state index contributed by atoms with van der Waals surface area (Å²) in [6, 6.07) is 20.6. The van der Waals surface area contributed by atoms with Crippen LogP contribution in [-0.2, 0) is 22.4 Å². The fourth-order valence-electron chi connectivity index (χ4n) is 3.26. The molecule has 0 aliphatic rings. The number of nitrogens with one attached hydrogen (secondary N) is 1. The molecule has 0 spiro atoms. The number of carboxylic acid groups (broad SMARTS) is 1. The molecule has 0 saturated carbocycles. The van der Waals surface area contributed by atoms with Crippen LogP contribution in [0.2, 0.25) is 0 Å². The maximum Gasteiger partial charge on any atom is 0.411 e. The third kappa shape index (κ3) is 5.26. The van der Waals surface area contributed by atoms with Gasteiger partial charge in [0, 0.05) is 17.5 Å². The van der Waals surface area contributed by atoms with Crippen LogP contribution in [0, 0.1) is 0 Å². The standard InChI is InChI=1S/C25H21NO6/c27-24(28)14-20-10-11-23(32-20)19-8-6-18(7-9-19)21-15-30-16-22(21)26-25(29)31-13-12-17-4-2-1-3-5-17/h1-11,15-16H,12-14H2,(H,26,29)(H,27,28). The van der Waals surface area contributed by atoms with Crippen LogP contribution in [0.4, 0.5) is 10.5 Å². The van der Waals surface area contributed by atoms with E-state index in [1.54, 1.807) is 18.4 Å². The van der Waals surface area contributed by atoms with Crippen LogP contribution in [0.3, 0.4) is 0 Å². The zero-order chi connectivity index (χ0) is 22.3. The molecule has 0 atom stereocenters. The molecule has 162 valence electrons. The molecule has 0 aliphatic heterocycles. The number of ether oxygens (including phenoxy) is 1. The Labute approximate surface area is 184 Å². The lowest BCUT2D eigenvalue weighted by Gasteiger charge is -2.08. The molecule has 4 aromatic rings. The number of benzene rings is 2. The van der Waals surface area contributed by atoms with Gasteiger partial charge in [0.2, 0.25) is 0 Å². The number of rotatable bonds is 8. The Hall–Kier alpha value is -4.26. The molecule has 0 saturated heterocycles. The minimum Gasteiger partial charge on any atom is -0.481 e. The van der Waals surface area contributed by atoms with Gasteiger partial charge in [0.25, 0.3) is 0 Å². The summed E-state index contributed by atoms with van der Waals surface area (Å²) in [5, 5.41) is 11.6. The number of amides is 1. The Morgan fingerprint density at radius 1 is 0.906 bits per heavy atom. The van der Waals surface area contributed by atoms with E-state index in [0.717, 1.165) is 16.7 Å². The molecular weight excluding hydrogens is 410 g/mol. The normalized spacial score (nSPS) is 10.6. The summed E-state index contributed by atoms with van der Waals surface area (Å²) < 4.78 is 16.1. The summed E-state index contributed by atoms with van der Waals surface area (Å²) in [6.07, 6.45) is 2.92. The molecule has 0 aliphatic carbocycles. The molecule has 0 unspecified atom stereocenters. The SMILES string of the molecule is O=C(O)Cc1ccc(-c2ccc(-c3cocc3NC(=O)OCCc3ccccc3)cc2)o1. The number of carboxylic acids is 1. The molecule has 2 aromatic heterocycles. The maximum absolute atomic E-state index is 12.2. The van der Waals surface area contributed by atoms with Crippen LogP contribution in [-0.4, -0.2) is 23.8 Å². The summed E-state index contributed by atoms with van der Waals surface area (Å²) >= 11 is 0. The number of hydrogen-bond acceptors (Lipinski definition) is 5. The first-order chi connectivity index (χ1) is 15.6. The van der Waals surface area contributed by atoms with E-state index in [-0.39, 0.29) is 13.0 Å². The van der Waals surface area contributed by atoms with Gasteiger partial charge in [-0.3, -0.25) is 10.1 Å². The molecule has 1 amide bonds. The average molecular weight is 431 g/mol. The molecule has 2 N–H and O–H groups in total. The number of hydrogen-bond donors (Lipinski definition) is 2. The lowest BCUT2D eigenvalue weighted by atomic mass is 10.0. The van der Waals surface area contributed by atoms with Crippen LogP contribution in [0.5, 0.6) is 0 Å². The third-order valence-corrected chi connectivity index (χ3v) is 4.83. The Balaban J connectivity index is 1.38. The molecule has 0 fully saturated rings. The van der Waals surface area contributed by atoms with Gasteiger partial charge in [-0.05, 0) is 23.3 Å². The van der Waals surface area contributed by atoms with Crippen LogP contribution >= 0.6 is 0 Å². The number of anilines is 1. The molecule has 2 aromatic carbocycles. The van der Waals surface area contributed by atoms with E-state index in [9.17, 15) is 9.59 Å². The summed E-state index contributed by atoms with van der Waals surface area (Å²) in [5.41, 5.74) is 3.95. The van der Waals surface area contributed by atoms with Gasteiger partial charge in [-0.25, -0.2) is 4.79 Å². The Morgan fingerprint density at radius 2 is 1.66 bits per heavy atom. The first kappa shape index (κ1) is 21.0. The van der Waals surface area contributed by atoms with Crippen LogP contribution in [0.25, 0.3) is 22.5 Å². The Morgan fingerprint density at radius 3 is 2.41 bits per heavy atom. The first-order valence-corrected chi connectivity index (χ1v) is 10.0. The summed E-state index contributed by atoms with van der Waals surface area (Å²) in [6.45, 7) is 0.269. The number of carbonyl (C=O) groups excluding carboxylic acids is 1. The van der Waals surface area contributed by atoms with Gasteiger partial charge in [0.15, 0.2) is 0 Å². The molecular formula is C25H21NO6. The highest BCUT2D eigenvalue weighted by Gasteiger charge is 2.13. The van der Waals surface area contributed by atoms with Crippen molar-refractivity contribution in [2.75, 3.05) is 11.9 Å². The molecule has 7 nitrogen and oxygen atoms in total. The first-order valence-electron chi connectivity index (χ1n) is 10.0. The van der Waals surface area contributed by atoms with Crippen LogP contribution in [0.15, 0.2) is 88.1 Å². The number of aliphatic carboxylic acids is 1. The van der Waals surface area contributed by atoms with E-state index in [1.165, 1.54) is 6.26 Å². The van der Waals surface area contributed by atoms with Crippen molar-refractivity contribution >= 4 is 17.7 Å². The van der Waals surface area contributed by atoms with Gasteiger partial charge in [0.1, 0.15) is 30.5 Å². The molecule has 7 heteroatoms. The van der Waals surface area contributed by atoms with Crippen LogP contribution < -0.4 is 5.32 Å². The predicted octanol–water partition coefficient (Wildman–Crippen LogP) is 5.62. The fourth-order valence-corrected chi connectivity index (χ4v) is 3.26. The average Bonchev–Trinajstić information content (AvgIpc) is 3.44. The lowest BCUT2D eigenvalue weighted by Crippen LogP contribution is -2.15. The van der Waals surface area contributed by atoms with E-state index < -0.39 is 12.1 Å². The minimum atomic E-state index is -0.945. The van der Waals surface area contributed by atoms with Crippen molar-refractivity contribution in [1.82, 2.24) is 0 Å². The van der Waals surface area contributed by atoms with Crippen LogP contribution in [0.1, 0.15) is 11.3 Å². The summed E-state index contributed by atoms with van der Waals surface area (Å²) in [5.74, 6) is 0.0313. The highest BCUT2D eigenvalue weighted by Crippen LogP contribution is 2.31. The van der Waals surface area contributed by atoms with Crippen molar-refractivity contribution in [2.24, 2.45) is 0 Å². The molecule has 0 radical (unpaired) electrons.